The molecule has 2 rings (SSSR count). The molecule has 0 aliphatic heterocycles. The minimum atomic E-state index is 0.182. The zero-order valence-electron chi connectivity index (χ0n) is 10.4. The van der Waals surface area contributed by atoms with E-state index in [0.29, 0.717) is 12.5 Å². The van der Waals surface area contributed by atoms with Crippen LogP contribution in [0.1, 0.15) is 63.6 Å². The Morgan fingerprint density at radius 3 is 2.88 bits per heavy atom. The van der Waals surface area contributed by atoms with E-state index >= 15 is 0 Å². The van der Waals surface area contributed by atoms with Crippen molar-refractivity contribution in [1.29, 1.82) is 0 Å². The zero-order valence-corrected chi connectivity index (χ0v) is 10.4. The van der Waals surface area contributed by atoms with Crippen LogP contribution in [0.4, 0.5) is 0 Å². The fraction of sp³-hybridized carbons (Fsp3) is 0.833. The van der Waals surface area contributed by atoms with Gasteiger partial charge in [-0.1, -0.05) is 32.3 Å². The fourth-order valence-electron chi connectivity index (χ4n) is 2.48. The van der Waals surface area contributed by atoms with Crippen molar-refractivity contribution < 1.29 is 4.52 Å². The quantitative estimate of drug-likeness (QED) is 0.854. The first-order valence-electron chi connectivity index (χ1n) is 6.08. The second kappa shape index (κ2) is 4.17. The highest BCUT2D eigenvalue weighted by Gasteiger charge is 2.39. The van der Waals surface area contributed by atoms with Gasteiger partial charge in [0.25, 0.3) is 0 Å². The Hall–Kier alpha value is -0.900. The predicted molar refractivity (Wildman–Crippen MR) is 62.1 cm³/mol. The normalized spacial score (nSPS) is 25.9. The summed E-state index contributed by atoms with van der Waals surface area (Å²) < 4.78 is 5.39. The standard InChI is InChI=1S/C12H21N3O/c1-8(7-13)10-14-11(16-15-10)9-5-4-6-12(9,2)3/h8-9H,4-7,13H2,1-3H3. The molecular formula is C12H21N3O. The molecule has 0 bridgehead atoms. The zero-order chi connectivity index (χ0) is 11.8. The third kappa shape index (κ3) is 1.98. The molecule has 1 aromatic rings. The molecule has 1 heterocycles. The molecule has 2 N–H and O–H groups in total. The predicted octanol–water partition coefficient (Wildman–Crippen LogP) is 2.43. The maximum absolute atomic E-state index is 5.60. The smallest absolute Gasteiger partial charge is 0.230 e. The first-order chi connectivity index (χ1) is 7.54. The molecule has 1 aromatic heterocycles. The highest BCUT2D eigenvalue weighted by molar-refractivity contribution is 5.05. The fourth-order valence-corrected chi connectivity index (χ4v) is 2.48. The molecule has 1 fully saturated rings. The van der Waals surface area contributed by atoms with Crippen LogP contribution >= 0.6 is 0 Å². The van der Waals surface area contributed by atoms with Crippen molar-refractivity contribution in [1.82, 2.24) is 10.1 Å². The van der Waals surface area contributed by atoms with Crippen LogP contribution in [0.3, 0.4) is 0 Å². The Morgan fingerprint density at radius 1 is 1.56 bits per heavy atom. The molecule has 0 spiro atoms. The summed E-state index contributed by atoms with van der Waals surface area (Å²) in [5.74, 6) is 2.15. The Kier molecular flexibility index (Phi) is 3.02. The number of hydrogen-bond donors (Lipinski definition) is 1. The van der Waals surface area contributed by atoms with Crippen LogP contribution in [0, 0.1) is 5.41 Å². The maximum atomic E-state index is 5.60. The van der Waals surface area contributed by atoms with E-state index in [4.69, 9.17) is 10.3 Å². The third-order valence-electron chi connectivity index (χ3n) is 3.81. The van der Waals surface area contributed by atoms with Gasteiger partial charge in [-0.2, -0.15) is 4.98 Å². The van der Waals surface area contributed by atoms with Gasteiger partial charge >= 0.3 is 0 Å². The van der Waals surface area contributed by atoms with Crippen LogP contribution in [-0.4, -0.2) is 16.7 Å². The molecule has 0 radical (unpaired) electrons. The van der Waals surface area contributed by atoms with Crippen LogP contribution in [-0.2, 0) is 0 Å². The van der Waals surface area contributed by atoms with E-state index in [1.54, 1.807) is 0 Å². The lowest BCUT2D eigenvalue weighted by molar-refractivity contribution is 0.260. The molecule has 0 aromatic carbocycles. The minimum Gasteiger partial charge on any atom is -0.339 e. The summed E-state index contributed by atoms with van der Waals surface area (Å²) >= 11 is 0. The van der Waals surface area contributed by atoms with E-state index in [-0.39, 0.29) is 11.3 Å². The molecule has 2 unspecified atom stereocenters. The monoisotopic (exact) mass is 223 g/mol. The Balaban J connectivity index is 2.19. The molecule has 0 saturated heterocycles. The topological polar surface area (TPSA) is 64.9 Å². The van der Waals surface area contributed by atoms with Crippen molar-refractivity contribution in [3.63, 3.8) is 0 Å². The molecule has 2 atom stereocenters. The van der Waals surface area contributed by atoms with Gasteiger partial charge in [-0.3, -0.25) is 0 Å². The van der Waals surface area contributed by atoms with Gasteiger partial charge in [0.2, 0.25) is 5.89 Å². The lowest BCUT2D eigenvalue weighted by atomic mass is 9.82. The molecule has 1 saturated carbocycles. The molecule has 0 amide bonds. The van der Waals surface area contributed by atoms with Gasteiger partial charge in [0.1, 0.15) is 0 Å². The van der Waals surface area contributed by atoms with E-state index in [1.807, 2.05) is 6.92 Å². The van der Waals surface area contributed by atoms with Crippen molar-refractivity contribution in [3.05, 3.63) is 11.7 Å². The summed E-state index contributed by atoms with van der Waals surface area (Å²) in [5.41, 5.74) is 5.89. The van der Waals surface area contributed by atoms with E-state index in [9.17, 15) is 0 Å². The summed E-state index contributed by atoms with van der Waals surface area (Å²) in [6, 6.07) is 0. The molecular weight excluding hydrogens is 202 g/mol. The summed E-state index contributed by atoms with van der Waals surface area (Å²) in [4.78, 5) is 4.50. The molecule has 1 aliphatic carbocycles. The Labute approximate surface area is 96.6 Å². The molecule has 1 aliphatic rings. The average molecular weight is 223 g/mol. The van der Waals surface area contributed by atoms with E-state index in [2.05, 4.69) is 24.0 Å². The largest absolute Gasteiger partial charge is 0.339 e. The van der Waals surface area contributed by atoms with Gasteiger partial charge in [0.05, 0.1) is 0 Å². The number of nitrogens with two attached hydrogens (primary N) is 1. The van der Waals surface area contributed by atoms with Crippen LogP contribution < -0.4 is 5.73 Å². The van der Waals surface area contributed by atoms with E-state index < -0.39 is 0 Å². The maximum Gasteiger partial charge on any atom is 0.230 e. The van der Waals surface area contributed by atoms with Crippen LogP contribution in [0.2, 0.25) is 0 Å². The van der Waals surface area contributed by atoms with Crippen molar-refractivity contribution in [2.45, 2.75) is 51.9 Å². The molecule has 4 nitrogen and oxygen atoms in total. The Morgan fingerprint density at radius 2 is 2.31 bits per heavy atom. The summed E-state index contributed by atoms with van der Waals surface area (Å²) in [6.07, 6.45) is 3.65. The number of rotatable bonds is 3. The van der Waals surface area contributed by atoms with Crippen LogP contribution in [0.25, 0.3) is 0 Å². The highest BCUT2D eigenvalue weighted by Crippen LogP contribution is 2.48. The van der Waals surface area contributed by atoms with Gasteiger partial charge in [0, 0.05) is 18.4 Å². The highest BCUT2D eigenvalue weighted by atomic mass is 16.5. The van der Waals surface area contributed by atoms with E-state index in [1.165, 1.54) is 12.8 Å². The summed E-state index contributed by atoms with van der Waals surface area (Å²) in [6.45, 7) is 7.14. The first kappa shape index (κ1) is 11.6. The first-order valence-corrected chi connectivity index (χ1v) is 6.08. The number of hydrogen-bond acceptors (Lipinski definition) is 4. The minimum absolute atomic E-state index is 0.182. The average Bonchev–Trinajstić information content (AvgIpc) is 2.82. The second-order valence-electron chi connectivity index (χ2n) is 5.56. The van der Waals surface area contributed by atoms with Gasteiger partial charge in [-0.05, 0) is 18.3 Å². The number of aromatic nitrogens is 2. The molecule has 16 heavy (non-hydrogen) atoms. The van der Waals surface area contributed by atoms with Gasteiger partial charge in [-0.15, -0.1) is 0 Å². The van der Waals surface area contributed by atoms with Crippen LogP contribution in [0.5, 0.6) is 0 Å². The van der Waals surface area contributed by atoms with Crippen molar-refractivity contribution in [2.75, 3.05) is 6.54 Å². The van der Waals surface area contributed by atoms with Crippen LogP contribution in [0.15, 0.2) is 4.52 Å². The summed E-state index contributed by atoms with van der Waals surface area (Å²) in [7, 11) is 0. The van der Waals surface area contributed by atoms with Gasteiger partial charge < -0.3 is 10.3 Å². The van der Waals surface area contributed by atoms with Crippen molar-refractivity contribution in [2.24, 2.45) is 11.1 Å². The Bertz CT molecular complexity index is 359. The second-order valence-corrected chi connectivity index (χ2v) is 5.56. The number of nitrogens with zero attached hydrogens (tertiary/aromatic N) is 2. The van der Waals surface area contributed by atoms with Crippen molar-refractivity contribution in [3.8, 4) is 0 Å². The lowest BCUT2D eigenvalue weighted by Gasteiger charge is -2.23. The third-order valence-corrected chi connectivity index (χ3v) is 3.81. The summed E-state index contributed by atoms with van der Waals surface area (Å²) in [5, 5.41) is 4.03. The molecule has 4 heteroatoms. The van der Waals surface area contributed by atoms with Gasteiger partial charge in [-0.25, -0.2) is 0 Å². The van der Waals surface area contributed by atoms with E-state index in [0.717, 1.165) is 18.1 Å². The molecule has 90 valence electrons. The van der Waals surface area contributed by atoms with Gasteiger partial charge in [0.15, 0.2) is 5.82 Å². The SMILES string of the molecule is CC(CN)c1noc(C2CCCC2(C)C)n1. The lowest BCUT2D eigenvalue weighted by Crippen LogP contribution is -2.16. The van der Waals surface area contributed by atoms with Crippen molar-refractivity contribution >= 4 is 0 Å².